The van der Waals surface area contributed by atoms with Crippen molar-refractivity contribution in [1.29, 1.82) is 0 Å². The van der Waals surface area contributed by atoms with Gasteiger partial charge >= 0.3 is 5.97 Å². The van der Waals surface area contributed by atoms with Gasteiger partial charge in [0.05, 0.1) is 13.0 Å². The molecular weight excluding hydrogens is 468 g/mol. The number of aliphatic hydroxyl groups is 3. The van der Waals surface area contributed by atoms with E-state index in [4.69, 9.17) is 9.47 Å². The molecule has 2 amide bonds. The van der Waals surface area contributed by atoms with Crippen LogP contribution in [0.2, 0.25) is 0 Å². The quantitative estimate of drug-likeness (QED) is 0.223. The number of rotatable bonds is 10. The summed E-state index contributed by atoms with van der Waals surface area (Å²) < 4.78 is 10.6. The van der Waals surface area contributed by atoms with Crippen molar-refractivity contribution in [2.75, 3.05) is 13.7 Å². The van der Waals surface area contributed by atoms with Crippen LogP contribution in [0.15, 0.2) is 42.5 Å². The first kappa shape index (κ1) is 29.4. The summed E-state index contributed by atoms with van der Waals surface area (Å²) in [6.45, 7) is 5.80. The van der Waals surface area contributed by atoms with E-state index in [1.54, 1.807) is 6.08 Å². The second-order valence-electron chi connectivity index (χ2n) is 10.0. The molecule has 1 unspecified atom stereocenters. The number of ether oxygens (including phenoxy) is 2. The molecule has 36 heavy (non-hydrogen) atoms. The van der Waals surface area contributed by atoms with Crippen LogP contribution < -0.4 is 10.6 Å². The Hall–Kier alpha value is -2.79. The molecule has 1 aliphatic heterocycles. The summed E-state index contributed by atoms with van der Waals surface area (Å²) in [4.78, 5) is 37.5. The minimum atomic E-state index is -1.75. The summed E-state index contributed by atoms with van der Waals surface area (Å²) in [6, 6.07) is 8.19. The molecule has 200 valence electrons. The van der Waals surface area contributed by atoms with Crippen LogP contribution in [0, 0.1) is 5.41 Å². The molecule has 5 N–H and O–H groups in total. The van der Waals surface area contributed by atoms with Gasteiger partial charge in [0.15, 0.2) is 6.10 Å². The van der Waals surface area contributed by atoms with Crippen LogP contribution in [0.5, 0.6) is 0 Å². The smallest absolute Gasteiger partial charge is 0.310 e. The first-order chi connectivity index (χ1) is 16.9. The van der Waals surface area contributed by atoms with Gasteiger partial charge in [-0.2, -0.15) is 0 Å². The van der Waals surface area contributed by atoms with Crippen molar-refractivity contribution in [2.45, 2.75) is 76.6 Å². The molecule has 1 fully saturated rings. The van der Waals surface area contributed by atoms with Crippen LogP contribution in [0.1, 0.15) is 39.2 Å². The van der Waals surface area contributed by atoms with Crippen molar-refractivity contribution in [2.24, 2.45) is 5.41 Å². The molecule has 0 aromatic heterocycles. The van der Waals surface area contributed by atoms with Crippen LogP contribution in [0.25, 0.3) is 0 Å². The molecule has 0 bridgehead atoms. The number of amides is 2. The summed E-state index contributed by atoms with van der Waals surface area (Å²) >= 11 is 0. The van der Waals surface area contributed by atoms with E-state index in [-0.39, 0.29) is 24.8 Å². The Morgan fingerprint density at radius 2 is 1.81 bits per heavy atom. The van der Waals surface area contributed by atoms with Gasteiger partial charge in [-0.1, -0.05) is 63.3 Å². The summed E-state index contributed by atoms with van der Waals surface area (Å²) in [5, 5.41) is 36.1. The Balaban J connectivity index is 1.92. The van der Waals surface area contributed by atoms with Gasteiger partial charge in [-0.25, -0.2) is 0 Å². The minimum absolute atomic E-state index is 0.104. The standard InChI is InChI=1S/C26H38N2O8/c1-26(2,3)13-12-19(29)21(31)22(32)23(35-4)25(34)28-18-11-10-17(15-27-24(18)33)36-20(30)14-16-8-6-5-7-9-16/h5-9,12-13,17-19,21-23,29,31-32H,10-11,14-15H2,1-4H3,(H,27,33)(H,28,34)/b13-12+/t17-,18?,19-,21+,22-,23-/m1/s1. The number of nitrogens with one attached hydrogen (secondary N) is 2. The van der Waals surface area contributed by atoms with E-state index in [0.29, 0.717) is 6.42 Å². The Labute approximate surface area is 211 Å². The SMILES string of the molecule is CO[C@@H](C(=O)NC1CC[C@@H](OC(=O)Cc2ccccc2)CNC1=O)[C@H](O)[C@@H](O)[C@H](O)/C=C/C(C)(C)C. The van der Waals surface area contributed by atoms with Crippen molar-refractivity contribution in [3.8, 4) is 0 Å². The lowest BCUT2D eigenvalue weighted by molar-refractivity contribution is -0.151. The molecule has 1 aromatic carbocycles. The van der Waals surface area contributed by atoms with Crippen LogP contribution >= 0.6 is 0 Å². The molecule has 6 atom stereocenters. The zero-order chi connectivity index (χ0) is 26.9. The fourth-order valence-corrected chi connectivity index (χ4v) is 3.69. The number of methoxy groups -OCH3 is 1. The second kappa shape index (κ2) is 13.5. The molecule has 1 heterocycles. The largest absolute Gasteiger partial charge is 0.460 e. The van der Waals surface area contributed by atoms with Crippen LogP contribution in [-0.2, 0) is 30.3 Å². The van der Waals surface area contributed by atoms with Crippen molar-refractivity contribution >= 4 is 17.8 Å². The average molecular weight is 507 g/mol. The lowest BCUT2D eigenvalue weighted by Gasteiger charge is -2.28. The molecule has 0 saturated carbocycles. The summed E-state index contributed by atoms with van der Waals surface area (Å²) in [7, 11) is 1.17. The highest BCUT2D eigenvalue weighted by molar-refractivity contribution is 5.89. The number of aliphatic hydroxyl groups excluding tert-OH is 3. The predicted molar refractivity (Wildman–Crippen MR) is 132 cm³/mol. The molecule has 2 rings (SSSR count). The molecule has 0 aliphatic carbocycles. The maximum atomic E-state index is 12.8. The van der Waals surface area contributed by atoms with E-state index in [1.165, 1.54) is 13.2 Å². The monoisotopic (exact) mass is 506 g/mol. The van der Waals surface area contributed by atoms with E-state index in [2.05, 4.69) is 10.6 Å². The topological polar surface area (TPSA) is 154 Å². The van der Waals surface area contributed by atoms with E-state index < -0.39 is 54.3 Å². The highest BCUT2D eigenvalue weighted by atomic mass is 16.5. The van der Waals surface area contributed by atoms with Gasteiger partial charge in [0.2, 0.25) is 5.91 Å². The lowest BCUT2D eigenvalue weighted by atomic mass is 9.94. The predicted octanol–water partition coefficient (Wildman–Crippen LogP) is 0.236. The Morgan fingerprint density at radius 1 is 1.14 bits per heavy atom. The van der Waals surface area contributed by atoms with Gasteiger partial charge in [-0.3, -0.25) is 14.4 Å². The zero-order valence-electron chi connectivity index (χ0n) is 21.2. The number of carbonyl (C=O) groups excluding carboxylic acids is 3. The molecular formula is C26H38N2O8. The third kappa shape index (κ3) is 9.34. The van der Waals surface area contributed by atoms with Crippen LogP contribution in [0.3, 0.4) is 0 Å². The van der Waals surface area contributed by atoms with E-state index in [1.807, 2.05) is 51.1 Å². The van der Waals surface area contributed by atoms with E-state index >= 15 is 0 Å². The molecule has 0 spiro atoms. The Kier molecular flexibility index (Phi) is 11.0. The van der Waals surface area contributed by atoms with Gasteiger partial charge in [0.25, 0.3) is 5.91 Å². The molecule has 1 aliphatic rings. The number of esters is 1. The van der Waals surface area contributed by atoms with Crippen molar-refractivity contribution in [3.63, 3.8) is 0 Å². The average Bonchev–Trinajstić information content (AvgIpc) is 2.98. The van der Waals surface area contributed by atoms with Crippen LogP contribution in [0.4, 0.5) is 0 Å². The van der Waals surface area contributed by atoms with Crippen molar-refractivity contribution in [1.82, 2.24) is 10.6 Å². The lowest BCUT2D eigenvalue weighted by Crippen LogP contribution is -2.55. The summed E-state index contributed by atoms with van der Waals surface area (Å²) in [5.41, 5.74) is 0.556. The van der Waals surface area contributed by atoms with Crippen LogP contribution in [-0.4, -0.2) is 83.3 Å². The third-order valence-electron chi connectivity index (χ3n) is 5.72. The maximum absolute atomic E-state index is 12.8. The number of benzene rings is 1. The third-order valence-corrected chi connectivity index (χ3v) is 5.72. The zero-order valence-corrected chi connectivity index (χ0v) is 21.2. The Morgan fingerprint density at radius 3 is 2.42 bits per heavy atom. The number of hydrogen-bond acceptors (Lipinski definition) is 8. The summed E-state index contributed by atoms with van der Waals surface area (Å²) in [5.74, 6) is -1.71. The fourth-order valence-electron chi connectivity index (χ4n) is 3.69. The second-order valence-corrected chi connectivity index (χ2v) is 10.0. The number of allylic oxidation sites excluding steroid dienone is 1. The molecule has 1 saturated heterocycles. The van der Waals surface area contributed by atoms with Gasteiger partial charge in [0, 0.05) is 7.11 Å². The van der Waals surface area contributed by atoms with Gasteiger partial charge in [-0.05, 0) is 23.8 Å². The molecule has 10 heteroatoms. The molecule has 1 aromatic rings. The van der Waals surface area contributed by atoms with Gasteiger partial charge in [0.1, 0.15) is 30.5 Å². The number of hydrogen-bond donors (Lipinski definition) is 5. The fraction of sp³-hybridized carbons (Fsp3) is 0.577. The van der Waals surface area contributed by atoms with Crippen molar-refractivity contribution in [3.05, 3.63) is 48.0 Å². The number of carbonyl (C=O) groups is 3. The minimum Gasteiger partial charge on any atom is -0.460 e. The van der Waals surface area contributed by atoms with Crippen molar-refractivity contribution < 1.29 is 39.2 Å². The van der Waals surface area contributed by atoms with Gasteiger partial charge < -0.3 is 35.4 Å². The first-order valence-corrected chi connectivity index (χ1v) is 12.0. The molecule has 0 radical (unpaired) electrons. The first-order valence-electron chi connectivity index (χ1n) is 12.0. The van der Waals surface area contributed by atoms with E-state index in [0.717, 1.165) is 5.56 Å². The van der Waals surface area contributed by atoms with Gasteiger partial charge in [-0.15, -0.1) is 0 Å². The highest BCUT2D eigenvalue weighted by Crippen LogP contribution is 2.17. The van der Waals surface area contributed by atoms with E-state index in [9.17, 15) is 29.7 Å². The summed E-state index contributed by atoms with van der Waals surface area (Å²) in [6.07, 6.45) is -3.34. The maximum Gasteiger partial charge on any atom is 0.310 e. The highest BCUT2D eigenvalue weighted by Gasteiger charge is 2.37. The Bertz CT molecular complexity index is 899. The molecule has 10 nitrogen and oxygen atoms in total. The normalized spacial score (nSPS) is 22.1.